The van der Waals surface area contributed by atoms with E-state index in [1.807, 2.05) is 11.3 Å². The smallest absolute Gasteiger partial charge is 0.169 e. The molecule has 0 aliphatic heterocycles. The highest BCUT2D eigenvalue weighted by atomic mass is 32.1. The van der Waals surface area contributed by atoms with Crippen LogP contribution < -0.4 is 5.32 Å². The van der Waals surface area contributed by atoms with Crippen LogP contribution in [0.4, 0.5) is 0 Å². The first-order valence-corrected chi connectivity index (χ1v) is 8.17. The van der Waals surface area contributed by atoms with Crippen molar-refractivity contribution in [2.45, 2.75) is 51.6 Å². The number of thiocarbonyl (C=S) groups is 1. The molecule has 2 rings (SSSR count). The van der Waals surface area contributed by atoms with Crippen LogP contribution in [0, 0.1) is 0 Å². The Balaban J connectivity index is 1.79. The van der Waals surface area contributed by atoms with Crippen LogP contribution in [0.15, 0.2) is 17.5 Å². The van der Waals surface area contributed by atoms with E-state index in [9.17, 15) is 0 Å². The van der Waals surface area contributed by atoms with Gasteiger partial charge in [0.05, 0.1) is 6.54 Å². The summed E-state index contributed by atoms with van der Waals surface area (Å²) in [4.78, 5) is 3.77. The summed E-state index contributed by atoms with van der Waals surface area (Å²) in [5, 5.41) is 6.50. The lowest BCUT2D eigenvalue weighted by molar-refractivity contribution is 0.398. The highest BCUT2D eigenvalue weighted by molar-refractivity contribution is 7.80. The van der Waals surface area contributed by atoms with Crippen LogP contribution in [0.5, 0.6) is 0 Å². The highest BCUT2D eigenvalue weighted by Crippen LogP contribution is 2.29. The van der Waals surface area contributed by atoms with Crippen LogP contribution in [-0.2, 0) is 6.54 Å². The number of nitrogens with one attached hydrogen (secondary N) is 1. The fourth-order valence-corrected chi connectivity index (χ4v) is 3.01. The summed E-state index contributed by atoms with van der Waals surface area (Å²) >= 11 is 7.35. The number of nitrogens with zero attached hydrogens (tertiary/aromatic N) is 1. The zero-order chi connectivity index (χ0) is 12.8. The Bertz CT molecular complexity index is 358. The van der Waals surface area contributed by atoms with E-state index in [2.05, 4.69) is 34.7 Å². The highest BCUT2D eigenvalue weighted by Gasteiger charge is 2.30. The third-order valence-electron chi connectivity index (χ3n) is 3.21. The largest absolute Gasteiger partial charge is 0.363 e. The molecule has 0 saturated heterocycles. The van der Waals surface area contributed by atoms with E-state index < -0.39 is 0 Å². The summed E-state index contributed by atoms with van der Waals surface area (Å²) in [6, 6.07) is 4.99. The van der Waals surface area contributed by atoms with E-state index in [4.69, 9.17) is 12.2 Å². The molecular weight excluding hydrogens is 260 g/mol. The molecule has 1 aromatic rings. The minimum Gasteiger partial charge on any atom is -0.363 e. The first kappa shape index (κ1) is 13.8. The van der Waals surface area contributed by atoms with Crippen LogP contribution in [0.3, 0.4) is 0 Å². The van der Waals surface area contributed by atoms with Gasteiger partial charge in [0.1, 0.15) is 0 Å². The summed E-state index contributed by atoms with van der Waals surface area (Å²) in [5.41, 5.74) is 0. The van der Waals surface area contributed by atoms with Crippen molar-refractivity contribution in [1.29, 1.82) is 0 Å². The molecule has 0 bridgehead atoms. The van der Waals surface area contributed by atoms with Crippen molar-refractivity contribution in [2.75, 3.05) is 6.54 Å². The molecule has 1 aliphatic carbocycles. The molecule has 0 unspecified atom stereocenters. The van der Waals surface area contributed by atoms with Crippen molar-refractivity contribution in [3.63, 3.8) is 0 Å². The zero-order valence-corrected chi connectivity index (χ0v) is 12.7. The molecule has 1 aliphatic rings. The van der Waals surface area contributed by atoms with Crippen molar-refractivity contribution < 1.29 is 0 Å². The number of unbranched alkanes of at least 4 members (excludes halogenated alkanes) is 2. The van der Waals surface area contributed by atoms with Gasteiger partial charge in [-0.1, -0.05) is 25.8 Å². The minimum absolute atomic E-state index is 0.679. The maximum atomic E-state index is 5.53. The van der Waals surface area contributed by atoms with Gasteiger partial charge >= 0.3 is 0 Å². The number of hydrogen-bond donors (Lipinski definition) is 1. The maximum absolute atomic E-state index is 5.53. The Morgan fingerprint density at radius 3 is 2.94 bits per heavy atom. The molecular formula is C14H22N2S2. The first-order chi connectivity index (χ1) is 8.81. The molecule has 1 N–H and O–H groups in total. The van der Waals surface area contributed by atoms with Crippen LogP contribution in [0.2, 0.25) is 0 Å². The normalized spacial score (nSPS) is 14.5. The van der Waals surface area contributed by atoms with Crippen LogP contribution in [0.25, 0.3) is 0 Å². The van der Waals surface area contributed by atoms with Crippen molar-refractivity contribution in [1.82, 2.24) is 10.2 Å². The van der Waals surface area contributed by atoms with E-state index in [0.29, 0.717) is 6.04 Å². The van der Waals surface area contributed by atoms with E-state index in [1.54, 1.807) is 0 Å². The van der Waals surface area contributed by atoms with E-state index in [0.717, 1.165) is 18.2 Å². The maximum Gasteiger partial charge on any atom is 0.169 e. The molecule has 1 saturated carbocycles. The lowest BCUT2D eigenvalue weighted by atomic mass is 10.2. The van der Waals surface area contributed by atoms with Gasteiger partial charge in [-0.25, -0.2) is 0 Å². The second-order valence-electron chi connectivity index (χ2n) is 4.88. The Kier molecular flexibility index (Phi) is 5.45. The SMILES string of the molecule is CCCCCNC(=S)N(Cc1cccs1)C1CC1. The van der Waals surface area contributed by atoms with Gasteiger partial charge in [-0.2, -0.15) is 0 Å². The van der Waals surface area contributed by atoms with Gasteiger partial charge in [0.15, 0.2) is 5.11 Å². The topological polar surface area (TPSA) is 15.3 Å². The fraction of sp³-hybridized carbons (Fsp3) is 0.643. The summed E-state index contributed by atoms with van der Waals surface area (Å²) in [5.74, 6) is 0. The van der Waals surface area contributed by atoms with Gasteiger partial charge < -0.3 is 10.2 Å². The molecule has 1 aromatic heterocycles. The van der Waals surface area contributed by atoms with Gasteiger partial charge in [0.25, 0.3) is 0 Å². The molecule has 1 fully saturated rings. The molecule has 0 amide bonds. The van der Waals surface area contributed by atoms with Crippen LogP contribution in [0.1, 0.15) is 43.9 Å². The van der Waals surface area contributed by atoms with Gasteiger partial charge in [-0.05, 0) is 42.9 Å². The summed E-state index contributed by atoms with van der Waals surface area (Å²) < 4.78 is 0. The fourth-order valence-electron chi connectivity index (χ4n) is 2.00. The van der Waals surface area contributed by atoms with E-state index >= 15 is 0 Å². The molecule has 0 atom stereocenters. The average Bonchev–Trinajstić information content (AvgIpc) is 3.08. The second kappa shape index (κ2) is 7.10. The molecule has 100 valence electrons. The standard InChI is InChI=1S/C14H22N2S2/c1-2-3-4-9-15-14(17)16(12-7-8-12)11-13-6-5-10-18-13/h5-6,10,12H,2-4,7-9,11H2,1H3,(H,15,17). The molecule has 18 heavy (non-hydrogen) atoms. The van der Waals surface area contributed by atoms with Crippen molar-refractivity contribution in [3.8, 4) is 0 Å². The third-order valence-corrected chi connectivity index (χ3v) is 4.45. The Morgan fingerprint density at radius 2 is 2.33 bits per heavy atom. The van der Waals surface area contributed by atoms with E-state index in [-0.39, 0.29) is 0 Å². The first-order valence-electron chi connectivity index (χ1n) is 6.88. The Morgan fingerprint density at radius 1 is 1.50 bits per heavy atom. The number of thiophene rings is 1. The average molecular weight is 282 g/mol. The zero-order valence-electron chi connectivity index (χ0n) is 11.0. The number of hydrogen-bond acceptors (Lipinski definition) is 2. The molecule has 4 heteroatoms. The van der Waals surface area contributed by atoms with Crippen LogP contribution in [-0.4, -0.2) is 22.6 Å². The minimum atomic E-state index is 0.679. The van der Waals surface area contributed by atoms with Gasteiger partial charge in [-0.15, -0.1) is 11.3 Å². The predicted octanol–water partition coefficient (Wildman–Crippen LogP) is 3.78. The second-order valence-corrected chi connectivity index (χ2v) is 6.30. The third kappa shape index (κ3) is 4.25. The van der Waals surface area contributed by atoms with Crippen molar-refractivity contribution >= 4 is 28.7 Å². The summed E-state index contributed by atoms with van der Waals surface area (Å²) in [7, 11) is 0. The van der Waals surface area contributed by atoms with Crippen molar-refractivity contribution in [2.24, 2.45) is 0 Å². The predicted molar refractivity (Wildman–Crippen MR) is 83.0 cm³/mol. The van der Waals surface area contributed by atoms with Gasteiger partial charge in [0, 0.05) is 17.5 Å². The van der Waals surface area contributed by atoms with Crippen molar-refractivity contribution in [3.05, 3.63) is 22.4 Å². The molecule has 2 nitrogen and oxygen atoms in total. The van der Waals surface area contributed by atoms with Gasteiger partial charge in [-0.3, -0.25) is 0 Å². The molecule has 1 heterocycles. The van der Waals surface area contributed by atoms with E-state index in [1.165, 1.54) is 37.0 Å². The van der Waals surface area contributed by atoms with Crippen LogP contribution >= 0.6 is 23.6 Å². The summed E-state index contributed by atoms with van der Waals surface area (Å²) in [6.07, 6.45) is 6.35. The monoisotopic (exact) mass is 282 g/mol. The van der Waals surface area contributed by atoms with Gasteiger partial charge in [0.2, 0.25) is 0 Å². The quantitative estimate of drug-likeness (QED) is 0.605. The lowest BCUT2D eigenvalue weighted by Gasteiger charge is -2.25. The number of rotatable bonds is 7. The Hall–Kier alpha value is -0.610. The lowest BCUT2D eigenvalue weighted by Crippen LogP contribution is -2.40. The molecule has 0 spiro atoms. The molecule has 0 radical (unpaired) electrons. The molecule has 0 aromatic carbocycles. The summed E-state index contributed by atoms with van der Waals surface area (Å²) in [6.45, 7) is 4.22. The Labute approximate surface area is 119 Å².